The molecule has 2 rings (SSSR count). The smallest absolute Gasteiger partial charge is 0.169 e. The Morgan fingerprint density at radius 2 is 0.875 bits per heavy atom. The summed E-state index contributed by atoms with van der Waals surface area (Å²) in [6.07, 6.45) is 54.5. The summed E-state index contributed by atoms with van der Waals surface area (Å²) in [4.78, 5) is 0. The van der Waals surface area contributed by atoms with E-state index >= 15 is 0 Å². The highest BCUT2D eigenvalue weighted by molar-refractivity contribution is 4.94. The number of ether oxygens (including phenoxy) is 2. The summed E-state index contributed by atoms with van der Waals surface area (Å²) in [7, 11) is 8.86. The average molecular weight is 668 g/mol. The van der Waals surface area contributed by atoms with Crippen LogP contribution in [-0.2, 0) is 9.47 Å². The lowest BCUT2D eigenvalue weighted by Crippen LogP contribution is -2.49. The molecular formula is C45H81NO2. The fourth-order valence-electron chi connectivity index (χ4n) is 7.51. The zero-order valence-corrected chi connectivity index (χ0v) is 32.6. The molecule has 1 spiro atoms. The van der Waals surface area contributed by atoms with Gasteiger partial charge in [-0.15, -0.1) is 7.05 Å². The minimum absolute atomic E-state index is 0.285. The lowest BCUT2D eigenvalue weighted by Gasteiger charge is -2.46. The van der Waals surface area contributed by atoms with E-state index in [9.17, 15) is 0 Å². The van der Waals surface area contributed by atoms with E-state index in [0.29, 0.717) is 6.04 Å². The molecule has 48 heavy (non-hydrogen) atoms. The van der Waals surface area contributed by atoms with Crippen molar-refractivity contribution in [3.63, 3.8) is 0 Å². The van der Waals surface area contributed by atoms with Crippen LogP contribution in [0.25, 0.3) is 0 Å². The Labute approximate surface area is 300 Å². The highest BCUT2D eigenvalue weighted by Gasteiger charge is 2.49. The van der Waals surface area contributed by atoms with Crippen LogP contribution < -0.4 is 0 Å². The van der Waals surface area contributed by atoms with Crippen LogP contribution in [0, 0.1) is 7.05 Å². The molecule has 0 N–H and O–H groups in total. The van der Waals surface area contributed by atoms with Gasteiger partial charge in [0.2, 0.25) is 0 Å². The molecule has 2 unspecified atom stereocenters. The van der Waals surface area contributed by atoms with Crippen LogP contribution in [0.3, 0.4) is 0 Å². The number of allylic oxidation sites excluding steroid dienone is 8. The van der Waals surface area contributed by atoms with Crippen molar-refractivity contribution in [1.29, 1.82) is 0 Å². The molecule has 0 aromatic heterocycles. The topological polar surface area (TPSA) is 18.5 Å². The van der Waals surface area contributed by atoms with Gasteiger partial charge in [0.15, 0.2) is 5.79 Å². The van der Waals surface area contributed by atoms with E-state index in [0.717, 1.165) is 55.8 Å². The quantitative estimate of drug-likeness (QED) is 0.0342. The molecule has 1 saturated carbocycles. The first kappa shape index (κ1) is 43.0. The third-order valence-corrected chi connectivity index (χ3v) is 10.7. The van der Waals surface area contributed by atoms with Gasteiger partial charge in [-0.2, -0.15) is 0 Å². The van der Waals surface area contributed by atoms with Gasteiger partial charge >= 0.3 is 0 Å². The molecule has 0 radical (unpaired) electrons. The van der Waals surface area contributed by atoms with Crippen LogP contribution in [0.15, 0.2) is 48.6 Å². The lowest BCUT2D eigenvalue weighted by molar-refractivity contribution is -0.874. The molecule has 1 heterocycles. The van der Waals surface area contributed by atoms with Crippen LogP contribution in [0.2, 0.25) is 0 Å². The Kier molecular flexibility index (Phi) is 24.7. The molecule has 278 valence electrons. The zero-order chi connectivity index (χ0) is 34.6. The van der Waals surface area contributed by atoms with Crippen LogP contribution in [0.1, 0.15) is 194 Å². The number of rotatable bonds is 29. The predicted octanol–water partition coefficient (Wildman–Crippen LogP) is 13.9. The van der Waals surface area contributed by atoms with Crippen LogP contribution in [-0.4, -0.2) is 42.6 Å². The molecular weight excluding hydrogens is 587 g/mol. The molecule has 3 heteroatoms. The van der Waals surface area contributed by atoms with Gasteiger partial charge in [-0.1, -0.05) is 140 Å². The van der Waals surface area contributed by atoms with Gasteiger partial charge in [-0.05, 0) is 77.0 Å². The Balaban J connectivity index is 1.62. The second kappa shape index (κ2) is 27.5. The fraction of sp³-hybridized carbons (Fsp3) is 0.800. The van der Waals surface area contributed by atoms with Gasteiger partial charge in [0.05, 0.1) is 18.2 Å². The summed E-state index contributed by atoms with van der Waals surface area (Å²) < 4.78 is 14.6. The Morgan fingerprint density at radius 3 is 1.25 bits per heavy atom. The number of quaternary nitrogens is 1. The monoisotopic (exact) mass is 668 g/mol. The van der Waals surface area contributed by atoms with Crippen molar-refractivity contribution in [2.45, 2.75) is 218 Å². The van der Waals surface area contributed by atoms with Crippen LogP contribution in [0.5, 0.6) is 0 Å². The number of hydrogen-bond acceptors (Lipinski definition) is 2. The molecule has 3 nitrogen and oxygen atoms in total. The van der Waals surface area contributed by atoms with E-state index in [-0.39, 0.29) is 18.0 Å². The van der Waals surface area contributed by atoms with Crippen molar-refractivity contribution in [3.05, 3.63) is 55.7 Å². The molecule has 0 aromatic carbocycles. The van der Waals surface area contributed by atoms with Gasteiger partial charge in [-0.25, -0.2) is 0 Å². The van der Waals surface area contributed by atoms with Crippen LogP contribution >= 0.6 is 0 Å². The van der Waals surface area contributed by atoms with Gasteiger partial charge in [-0.3, -0.25) is 0 Å². The van der Waals surface area contributed by atoms with E-state index in [4.69, 9.17) is 9.47 Å². The fourth-order valence-corrected chi connectivity index (χ4v) is 7.51. The highest BCUT2D eigenvalue weighted by Crippen LogP contribution is 2.44. The van der Waals surface area contributed by atoms with E-state index in [1.807, 2.05) is 0 Å². The van der Waals surface area contributed by atoms with Crippen molar-refractivity contribution < 1.29 is 14.0 Å². The maximum atomic E-state index is 6.88. The van der Waals surface area contributed by atoms with Gasteiger partial charge < -0.3 is 14.0 Å². The molecule has 1 aliphatic carbocycles. The minimum atomic E-state index is -0.324. The summed E-state index contributed by atoms with van der Waals surface area (Å²) in [5.41, 5.74) is 0. The van der Waals surface area contributed by atoms with Gasteiger partial charge in [0, 0.05) is 39.8 Å². The second-order valence-electron chi connectivity index (χ2n) is 15.8. The molecule has 2 atom stereocenters. The SMILES string of the molecule is [CH2-][N+](C)(C)C1CCC2(CC1)OC(CCCCCCC/C=C\C/C=C\CCCCC)C(CCCCCCC/C=C\C/C=C\CCCCC)O2. The Hall–Kier alpha value is -1.16. The van der Waals surface area contributed by atoms with Crippen molar-refractivity contribution in [1.82, 2.24) is 0 Å². The van der Waals surface area contributed by atoms with Crippen LogP contribution in [0.4, 0.5) is 0 Å². The summed E-state index contributed by atoms with van der Waals surface area (Å²) in [6, 6.07) is 0.615. The predicted molar refractivity (Wildman–Crippen MR) is 211 cm³/mol. The third-order valence-electron chi connectivity index (χ3n) is 10.7. The molecule has 1 aliphatic heterocycles. The molecule has 0 amide bonds. The maximum Gasteiger partial charge on any atom is 0.169 e. The average Bonchev–Trinajstić information content (AvgIpc) is 3.40. The first-order valence-electron chi connectivity index (χ1n) is 21.0. The second-order valence-corrected chi connectivity index (χ2v) is 15.8. The Bertz CT molecular complexity index is 801. The molecule has 0 aromatic rings. The summed E-state index contributed by atoms with van der Waals surface area (Å²) in [5.74, 6) is -0.324. The zero-order valence-electron chi connectivity index (χ0n) is 32.6. The van der Waals surface area contributed by atoms with Gasteiger partial charge in [0.1, 0.15) is 0 Å². The molecule has 2 fully saturated rings. The lowest BCUT2D eigenvalue weighted by atomic mass is 9.88. The summed E-state index contributed by atoms with van der Waals surface area (Å²) in [6.45, 7) is 4.54. The Morgan fingerprint density at radius 1 is 0.521 bits per heavy atom. The molecule has 0 bridgehead atoms. The summed E-state index contributed by atoms with van der Waals surface area (Å²) >= 11 is 0. The maximum absolute atomic E-state index is 6.88. The van der Waals surface area contributed by atoms with E-state index in [2.05, 4.69) is 83.6 Å². The van der Waals surface area contributed by atoms with Gasteiger partial charge in [0.25, 0.3) is 0 Å². The van der Waals surface area contributed by atoms with Crippen molar-refractivity contribution in [2.24, 2.45) is 0 Å². The van der Waals surface area contributed by atoms with Crippen molar-refractivity contribution in [3.8, 4) is 0 Å². The molecule has 2 aliphatic rings. The highest BCUT2D eigenvalue weighted by atomic mass is 16.8. The number of hydrogen-bond donors (Lipinski definition) is 0. The van der Waals surface area contributed by atoms with Crippen molar-refractivity contribution >= 4 is 0 Å². The first-order chi connectivity index (χ1) is 23.4. The standard InChI is InChI=1S/C45H81NO2/c1-6-8-10-12-14-16-18-20-22-24-26-28-30-32-34-36-43-44(48-45(47-43)40-38-42(39-41-45)46(3,4)5)37-35-33-31-29-27-25-23-21-19-17-15-13-11-9-7-2/h14-17,20-23,42-44H,3,6-13,18-19,24-41H2,1-2,4-5H3/b16-14-,17-15-,22-20-,23-21-. The van der Waals surface area contributed by atoms with E-state index < -0.39 is 0 Å². The largest absolute Gasteiger partial charge is 0.459 e. The van der Waals surface area contributed by atoms with E-state index in [1.165, 1.54) is 128 Å². The number of unbranched alkanes of at least 4 members (excludes halogenated alkanes) is 16. The number of nitrogens with zero attached hydrogens (tertiary/aromatic N) is 1. The van der Waals surface area contributed by atoms with E-state index in [1.54, 1.807) is 0 Å². The third kappa shape index (κ3) is 20.5. The minimum Gasteiger partial charge on any atom is -0.459 e. The first-order valence-corrected chi connectivity index (χ1v) is 21.0. The van der Waals surface area contributed by atoms with Crippen molar-refractivity contribution in [2.75, 3.05) is 14.1 Å². The summed E-state index contributed by atoms with van der Waals surface area (Å²) in [5, 5.41) is 0. The molecule has 1 saturated heterocycles. The normalized spacial score (nSPS) is 23.7.